The van der Waals surface area contributed by atoms with Crippen LogP contribution in [-0.2, 0) is 6.54 Å². The van der Waals surface area contributed by atoms with Crippen LogP contribution in [0.1, 0.15) is 21.5 Å². The van der Waals surface area contributed by atoms with E-state index in [2.05, 4.69) is 4.90 Å². The second-order valence-electron chi connectivity index (χ2n) is 6.42. The molecule has 0 radical (unpaired) electrons. The average molecular weight is 357 g/mol. The van der Waals surface area contributed by atoms with Gasteiger partial charge in [-0.05, 0) is 25.1 Å². The fraction of sp³-hybridized carbons (Fsp3) is 0.316. The molecule has 136 valence electrons. The summed E-state index contributed by atoms with van der Waals surface area (Å²) in [6.45, 7) is 4.55. The fourth-order valence-corrected chi connectivity index (χ4v) is 3.15. The molecule has 2 aromatic rings. The zero-order valence-corrected chi connectivity index (χ0v) is 14.5. The summed E-state index contributed by atoms with van der Waals surface area (Å²) in [6.07, 6.45) is 0. The average Bonchev–Trinajstić information content (AvgIpc) is 2.63. The van der Waals surface area contributed by atoms with E-state index in [9.17, 15) is 19.3 Å². The molecule has 0 aromatic heterocycles. The monoisotopic (exact) mass is 357 g/mol. The molecule has 2 aromatic carbocycles. The highest BCUT2D eigenvalue weighted by atomic mass is 19.1. The van der Waals surface area contributed by atoms with Crippen LogP contribution in [0.3, 0.4) is 0 Å². The van der Waals surface area contributed by atoms with Gasteiger partial charge in [0, 0.05) is 55.5 Å². The van der Waals surface area contributed by atoms with Crippen molar-refractivity contribution in [2.75, 3.05) is 26.2 Å². The minimum absolute atomic E-state index is 0.0104. The normalized spacial score (nSPS) is 15.1. The van der Waals surface area contributed by atoms with E-state index >= 15 is 0 Å². The molecule has 0 saturated carbocycles. The van der Waals surface area contributed by atoms with Crippen molar-refractivity contribution in [3.05, 3.63) is 75.1 Å². The van der Waals surface area contributed by atoms with E-state index in [0.29, 0.717) is 49.4 Å². The lowest BCUT2D eigenvalue weighted by molar-refractivity contribution is -0.385. The number of carbonyl (C=O) groups is 1. The molecule has 0 aliphatic carbocycles. The van der Waals surface area contributed by atoms with Crippen LogP contribution in [0.15, 0.2) is 42.5 Å². The second-order valence-corrected chi connectivity index (χ2v) is 6.42. The van der Waals surface area contributed by atoms with E-state index in [1.807, 2.05) is 6.07 Å². The number of nitrogens with zero attached hydrogens (tertiary/aromatic N) is 3. The molecule has 1 heterocycles. The van der Waals surface area contributed by atoms with Crippen LogP contribution in [-0.4, -0.2) is 46.8 Å². The number of piperazine rings is 1. The van der Waals surface area contributed by atoms with Gasteiger partial charge in [0.2, 0.25) is 0 Å². The van der Waals surface area contributed by atoms with Crippen molar-refractivity contribution < 1.29 is 14.1 Å². The Morgan fingerprint density at radius 2 is 1.85 bits per heavy atom. The number of aryl methyl sites for hydroxylation is 1. The highest BCUT2D eigenvalue weighted by Gasteiger charge is 2.23. The summed E-state index contributed by atoms with van der Waals surface area (Å²) >= 11 is 0. The summed E-state index contributed by atoms with van der Waals surface area (Å²) < 4.78 is 13.8. The zero-order chi connectivity index (χ0) is 18.7. The predicted octanol–water partition coefficient (Wildman–Crippen LogP) is 3.00. The summed E-state index contributed by atoms with van der Waals surface area (Å²) in [6, 6.07) is 11.1. The van der Waals surface area contributed by atoms with Gasteiger partial charge in [0.05, 0.1) is 4.92 Å². The van der Waals surface area contributed by atoms with Crippen molar-refractivity contribution in [3.8, 4) is 0 Å². The topological polar surface area (TPSA) is 66.7 Å². The Balaban J connectivity index is 1.61. The van der Waals surface area contributed by atoms with Gasteiger partial charge in [-0.1, -0.05) is 18.2 Å². The third-order valence-electron chi connectivity index (χ3n) is 4.65. The van der Waals surface area contributed by atoms with Gasteiger partial charge in [0.25, 0.3) is 11.6 Å². The molecule has 1 aliphatic rings. The van der Waals surface area contributed by atoms with Crippen molar-refractivity contribution in [3.63, 3.8) is 0 Å². The van der Waals surface area contributed by atoms with E-state index in [1.165, 1.54) is 18.2 Å². The van der Waals surface area contributed by atoms with E-state index in [1.54, 1.807) is 30.0 Å². The molecule has 0 atom stereocenters. The fourth-order valence-electron chi connectivity index (χ4n) is 3.15. The zero-order valence-electron chi connectivity index (χ0n) is 14.5. The smallest absolute Gasteiger partial charge is 0.272 e. The molecule has 6 nitrogen and oxygen atoms in total. The SMILES string of the molecule is Cc1cc(C(=O)N2CCN(Cc3ccccc3F)CC2)ccc1[N+](=O)[O-]. The van der Waals surface area contributed by atoms with Crippen molar-refractivity contribution >= 4 is 11.6 Å². The predicted molar refractivity (Wildman–Crippen MR) is 95.4 cm³/mol. The third kappa shape index (κ3) is 3.88. The van der Waals surface area contributed by atoms with Gasteiger partial charge >= 0.3 is 0 Å². The Bertz CT molecular complexity index is 833. The largest absolute Gasteiger partial charge is 0.336 e. The number of nitro benzene ring substituents is 1. The Hall–Kier alpha value is -2.80. The Labute approximate surface area is 151 Å². The maximum atomic E-state index is 13.8. The van der Waals surface area contributed by atoms with Gasteiger partial charge in [-0.15, -0.1) is 0 Å². The molecule has 0 unspecified atom stereocenters. The molecule has 0 spiro atoms. The van der Waals surface area contributed by atoms with Gasteiger partial charge in [0.1, 0.15) is 5.82 Å². The van der Waals surface area contributed by atoms with Crippen LogP contribution in [0.2, 0.25) is 0 Å². The first-order chi connectivity index (χ1) is 12.5. The quantitative estimate of drug-likeness (QED) is 0.623. The summed E-state index contributed by atoms with van der Waals surface area (Å²) in [7, 11) is 0. The highest BCUT2D eigenvalue weighted by molar-refractivity contribution is 5.94. The third-order valence-corrected chi connectivity index (χ3v) is 4.65. The molecular formula is C19H20FN3O3. The standard InChI is InChI=1S/C19H20FN3O3/c1-14-12-15(6-7-18(14)23(25)26)19(24)22-10-8-21(9-11-22)13-16-4-2-3-5-17(16)20/h2-7,12H,8-11,13H2,1H3. The molecule has 1 amide bonds. The molecule has 26 heavy (non-hydrogen) atoms. The van der Waals surface area contributed by atoms with Gasteiger partial charge in [-0.2, -0.15) is 0 Å². The number of hydrogen-bond donors (Lipinski definition) is 0. The maximum Gasteiger partial charge on any atom is 0.272 e. The lowest BCUT2D eigenvalue weighted by Crippen LogP contribution is -2.48. The van der Waals surface area contributed by atoms with Gasteiger partial charge in [-0.25, -0.2) is 4.39 Å². The van der Waals surface area contributed by atoms with E-state index in [-0.39, 0.29) is 17.4 Å². The van der Waals surface area contributed by atoms with E-state index < -0.39 is 4.92 Å². The molecule has 3 rings (SSSR count). The molecule has 1 fully saturated rings. The first-order valence-electron chi connectivity index (χ1n) is 8.46. The van der Waals surface area contributed by atoms with E-state index in [0.717, 1.165) is 0 Å². The minimum atomic E-state index is -0.453. The number of amides is 1. The van der Waals surface area contributed by atoms with Crippen molar-refractivity contribution in [1.29, 1.82) is 0 Å². The van der Waals surface area contributed by atoms with Crippen LogP contribution >= 0.6 is 0 Å². The molecule has 1 aliphatic heterocycles. The van der Waals surface area contributed by atoms with Crippen LogP contribution in [0, 0.1) is 22.9 Å². The molecule has 0 N–H and O–H groups in total. The number of rotatable bonds is 4. The van der Waals surface area contributed by atoms with Crippen LogP contribution in [0.4, 0.5) is 10.1 Å². The van der Waals surface area contributed by atoms with Crippen LogP contribution in [0.25, 0.3) is 0 Å². The van der Waals surface area contributed by atoms with Crippen LogP contribution in [0.5, 0.6) is 0 Å². The number of carbonyl (C=O) groups excluding carboxylic acids is 1. The lowest BCUT2D eigenvalue weighted by Gasteiger charge is -2.34. The molecule has 1 saturated heterocycles. The molecular weight excluding hydrogens is 337 g/mol. The number of hydrogen-bond acceptors (Lipinski definition) is 4. The minimum Gasteiger partial charge on any atom is -0.336 e. The Kier molecular flexibility index (Phi) is 5.27. The summed E-state index contributed by atoms with van der Waals surface area (Å²) in [5.41, 5.74) is 1.59. The summed E-state index contributed by atoms with van der Waals surface area (Å²) in [4.78, 5) is 26.9. The highest BCUT2D eigenvalue weighted by Crippen LogP contribution is 2.20. The van der Waals surface area contributed by atoms with Crippen LogP contribution < -0.4 is 0 Å². The summed E-state index contributed by atoms with van der Waals surface area (Å²) in [5, 5.41) is 10.9. The Morgan fingerprint density at radius 3 is 2.46 bits per heavy atom. The lowest BCUT2D eigenvalue weighted by atomic mass is 10.1. The first-order valence-corrected chi connectivity index (χ1v) is 8.46. The second kappa shape index (κ2) is 7.61. The molecule has 7 heteroatoms. The van der Waals surface area contributed by atoms with Crippen molar-refractivity contribution in [2.24, 2.45) is 0 Å². The van der Waals surface area contributed by atoms with E-state index in [4.69, 9.17) is 0 Å². The molecule has 0 bridgehead atoms. The first kappa shape index (κ1) is 18.0. The Morgan fingerprint density at radius 1 is 1.15 bits per heavy atom. The van der Waals surface area contributed by atoms with Crippen molar-refractivity contribution in [2.45, 2.75) is 13.5 Å². The number of nitro groups is 1. The maximum absolute atomic E-state index is 13.8. The van der Waals surface area contributed by atoms with Gasteiger partial charge in [0.15, 0.2) is 0 Å². The number of benzene rings is 2. The summed E-state index contributed by atoms with van der Waals surface area (Å²) in [5.74, 6) is -0.346. The number of halogens is 1. The van der Waals surface area contributed by atoms with Gasteiger partial charge in [-0.3, -0.25) is 19.8 Å². The van der Waals surface area contributed by atoms with Crippen molar-refractivity contribution in [1.82, 2.24) is 9.80 Å². The van der Waals surface area contributed by atoms with Gasteiger partial charge < -0.3 is 4.90 Å².